The molecular weight excluding hydrogens is 328 g/mol. The molecule has 0 saturated carbocycles. The normalized spacial score (nSPS) is 11.5. The topological polar surface area (TPSA) is 72.2 Å². The Labute approximate surface area is 133 Å². The predicted molar refractivity (Wildman–Crippen MR) is 88.1 cm³/mol. The first-order valence-corrected chi connectivity index (χ1v) is 8.97. The van der Waals surface area contributed by atoms with Gasteiger partial charge in [0.25, 0.3) is 0 Å². The summed E-state index contributed by atoms with van der Waals surface area (Å²) < 4.78 is 25.9. The Morgan fingerprint density at radius 2 is 1.86 bits per heavy atom. The van der Waals surface area contributed by atoms with Crippen LogP contribution >= 0.6 is 23.4 Å². The highest BCUT2D eigenvalue weighted by Crippen LogP contribution is 2.30. The van der Waals surface area contributed by atoms with Crippen LogP contribution in [0.4, 0.5) is 5.69 Å². The zero-order valence-corrected chi connectivity index (χ0v) is 13.7. The van der Waals surface area contributed by atoms with Gasteiger partial charge in [0, 0.05) is 21.4 Å². The molecule has 0 atom stereocenters. The van der Waals surface area contributed by atoms with Gasteiger partial charge in [0.2, 0.25) is 10.0 Å². The molecule has 0 saturated heterocycles. The van der Waals surface area contributed by atoms with Crippen molar-refractivity contribution in [3.8, 4) is 0 Å². The Morgan fingerprint density at radius 1 is 1.19 bits per heavy atom. The van der Waals surface area contributed by atoms with Gasteiger partial charge in [0.1, 0.15) is 0 Å². The van der Waals surface area contributed by atoms with E-state index in [1.165, 1.54) is 24.9 Å². The van der Waals surface area contributed by atoms with Crippen molar-refractivity contribution in [2.45, 2.75) is 15.5 Å². The number of halogens is 1. The molecule has 7 heteroatoms. The van der Waals surface area contributed by atoms with Gasteiger partial charge in [-0.1, -0.05) is 23.7 Å². The largest absolute Gasteiger partial charge is 0.398 e. The van der Waals surface area contributed by atoms with E-state index >= 15 is 0 Å². The molecule has 0 radical (unpaired) electrons. The van der Waals surface area contributed by atoms with E-state index in [0.29, 0.717) is 16.5 Å². The number of anilines is 1. The minimum absolute atomic E-state index is 0.206. The van der Waals surface area contributed by atoms with Crippen molar-refractivity contribution in [3.63, 3.8) is 0 Å². The van der Waals surface area contributed by atoms with Crippen molar-refractivity contribution in [1.82, 2.24) is 4.72 Å². The van der Waals surface area contributed by atoms with Crippen LogP contribution in [0.5, 0.6) is 0 Å². The average Bonchev–Trinajstić information content (AvgIpc) is 2.48. The quantitative estimate of drug-likeness (QED) is 0.647. The summed E-state index contributed by atoms with van der Waals surface area (Å²) in [5, 5.41) is 0.686. The number of hydrogen-bond donors (Lipinski definition) is 2. The van der Waals surface area contributed by atoms with E-state index in [2.05, 4.69) is 4.72 Å². The molecule has 0 bridgehead atoms. The van der Waals surface area contributed by atoms with Crippen LogP contribution in [0.1, 0.15) is 5.56 Å². The predicted octanol–water partition coefficient (Wildman–Crippen LogP) is 3.12. The Balaban J connectivity index is 2.20. The van der Waals surface area contributed by atoms with Crippen LogP contribution in [0.2, 0.25) is 5.02 Å². The standard InChI is InChI=1S/C14H15ClN2O2S2/c1-17-21(18,19)12-6-7-13(16)14(8-12)20-9-10-2-4-11(15)5-3-10/h2-8,17H,9,16H2,1H3. The fraction of sp³-hybridized carbons (Fsp3) is 0.143. The molecule has 21 heavy (non-hydrogen) atoms. The first-order valence-electron chi connectivity index (χ1n) is 6.12. The van der Waals surface area contributed by atoms with Crippen molar-refractivity contribution >= 4 is 39.1 Å². The van der Waals surface area contributed by atoms with Crippen molar-refractivity contribution in [1.29, 1.82) is 0 Å². The Kier molecular flexibility index (Phi) is 5.16. The van der Waals surface area contributed by atoms with Gasteiger partial charge in [0.15, 0.2) is 0 Å². The third kappa shape index (κ3) is 4.14. The van der Waals surface area contributed by atoms with Crippen LogP contribution in [-0.4, -0.2) is 15.5 Å². The third-order valence-corrected chi connectivity index (χ3v) is 5.68. The molecule has 0 amide bonds. The van der Waals surface area contributed by atoms with Crippen LogP contribution < -0.4 is 10.5 Å². The van der Waals surface area contributed by atoms with Crippen LogP contribution in [0.15, 0.2) is 52.3 Å². The van der Waals surface area contributed by atoms with E-state index in [1.54, 1.807) is 12.1 Å². The zero-order chi connectivity index (χ0) is 15.5. The van der Waals surface area contributed by atoms with Crippen LogP contribution in [-0.2, 0) is 15.8 Å². The van der Waals surface area contributed by atoms with Crippen molar-refractivity contribution < 1.29 is 8.42 Å². The molecule has 0 aliphatic heterocycles. The minimum atomic E-state index is -3.46. The van der Waals surface area contributed by atoms with E-state index < -0.39 is 10.0 Å². The number of nitrogens with two attached hydrogens (primary N) is 1. The maximum absolute atomic E-state index is 11.8. The summed E-state index contributed by atoms with van der Waals surface area (Å²) in [6, 6.07) is 12.2. The highest BCUT2D eigenvalue weighted by Gasteiger charge is 2.13. The van der Waals surface area contributed by atoms with Crippen molar-refractivity contribution in [2.24, 2.45) is 0 Å². The number of sulfonamides is 1. The molecule has 2 rings (SSSR count). The van der Waals surface area contributed by atoms with Gasteiger partial charge in [-0.15, -0.1) is 11.8 Å². The van der Waals surface area contributed by atoms with Crippen LogP contribution in [0, 0.1) is 0 Å². The molecule has 0 fully saturated rings. The molecule has 2 aromatic rings. The second-order valence-electron chi connectivity index (χ2n) is 4.32. The third-order valence-electron chi connectivity index (χ3n) is 2.87. The number of nitrogens with one attached hydrogen (secondary N) is 1. The van der Waals surface area contributed by atoms with Gasteiger partial charge < -0.3 is 5.73 Å². The SMILES string of the molecule is CNS(=O)(=O)c1ccc(N)c(SCc2ccc(Cl)cc2)c1. The molecule has 0 heterocycles. The minimum Gasteiger partial charge on any atom is -0.398 e. The monoisotopic (exact) mass is 342 g/mol. The lowest BCUT2D eigenvalue weighted by Gasteiger charge is -2.09. The van der Waals surface area contributed by atoms with Gasteiger partial charge in [0.05, 0.1) is 4.90 Å². The summed E-state index contributed by atoms with van der Waals surface area (Å²) in [5.74, 6) is 0.685. The smallest absolute Gasteiger partial charge is 0.240 e. The summed E-state index contributed by atoms with van der Waals surface area (Å²) in [6.07, 6.45) is 0. The Hall–Kier alpha value is -1.21. The van der Waals surface area contributed by atoms with Crippen LogP contribution in [0.25, 0.3) is 0 Å². The molecule has 2 aromatic carbocycles. The fourth-order valence-electron chi connectivity index (χ4n) is 1.67. The first-order chi connectivity index (χ1) is 9.92. The van der Waals surface area contributed by atoms with Crippen LogP contribution in [0.3, 0.4) is 0 Å². The molecule has 112 valence electrons. The highest BCUT2D eigenvalue weighted by molar-refractivity contribution is 7.98. The molecule has 3 N–H and O–H groups in total. The molecular formula is C14H15ClN2O2S2. The summed E-state index contributed by atoms with van der Waals surface area (Å²) in [5.41, 5.74) is 7.55. The second kappa shape index (κ2) is 6.70. The van der Waals surface area contributed by atoms with Gasteiger partial charge in [-0.25, -0.2) is 13.1 Å². The molecule has 0 aromatic heterocycles. The van der Waals surface area contributed by atoms with E-state index in [-0.39, 0.29) is 4.90 Å². The van der Waals surface area contributed by atoms with Crippen molar-refractivity contribution in [2.75, 3.05) is 12.8 Å². The van der Waals surface area contributed by atoms with E-state index in [1.807, 2.05) is 24.3 Å². The first kappa shape index (κ1) is 16.2. The Morgan fingerprint density at radius 3 is 2.48 bits per heavy atom. The lowest BCUT2D eigenvalue weighted by Crippen LogP contribution is -2.18. The van der Waals surface area contributed by atoms with Gasteiger partial charge >= 0.3 is 0 Å². The number of hydrogen-bond acceptors (Lipinski definition) is 4. The van der Waals surface area contributed by atoms with Gasteiger partial charge in [-0.3, -0.25) is 0 Å². The van der Waals surface area contributed by atoms with E-state index in [0.717, 1.165) is 10.5 Å². The van der Waals surface area contributed by atoms with Crippen molar-refractivity contribution in [3.05, 3.63) is 53.1 Å². The van der Waals surface area contributed by atoms with Gasteiger partial charge in [-0.05, 0) is 42.9 Å². The summed E-state index contributed by atoms with van der Waals surface area (Å²) in [7, 11) is -2.08. The van der Waals surface area contributed by atoms with E-state index in [9.17, 15) is 8.42 Å². The zero-order valence-electron chi connectivity index (χ0n) is 11.3. The fourth-order valence-corrected chi connectivity index (χ4v) is 3.58. The Bertz CT molecular complexity index is 731. The number of nitrogen functional groups attached to an aromatic ring is 1. The number of rotatable bonds is 5. The summed E-state index contributed by atoms with van der Waals surface area (Å²) in [4.78, 5) is 0.944. The number of thioether (sulfide) groups is 1. The average molecular weight is 343 g/mol. The lowest BCUT2D eigenvalue weighted by atomic mass is 10.2. The lowest BCUT2D eigenvalue weighted by molar-refractivity contribution is 0.588. The van der Waals surface area contributed by atoms with Gasteiger partial charge in [-0.2, -0.15) is 0 Å². The summed E-state index contributed by atoms with van der Waals surface area (Å²) in [6.45, 7) is 0. The molecule has 0 unspecified atom stereocenters. The molecule has 4 nitrogen and oxygen atoms in total. The molecule has 0 aliphatic carbocycles. The maximum Gasteiger partial charge on any atom is 0.240 e. The maximum atomic E-state index is 11.8. The molecule has 0 aliphatic rings. The molecule has 0 spiro atoms. The second-order valence-corrected chi connectivity index (χ2v) is 7.66. The van der Waals surface area contributed by atoms with E-state index in [4.69, 9.17) is 17.3 Å². The summed E-state index contributed by atoms with van der Waals surface area (Å²) >= 11 is 7.33. The highest BCUT2D eigenvalue weighted by atomic mass is 35.5. The number of benzene rings is 2.